The Labute approximate surface area is 71.7 Å². The lowest BCUT2D eigenvalue weighted by Gasteiger charge is -1.95. The Balaban J connectivity index is 2.27. The third-order valence-electron chi connectivity index (χ3n) is 1.66. The molecule has 0 atom stereocenters. The summed E-state index contributed by atoms with van der Waals surface area (Å²) in [5, 5.41) is 14.2. The van der Waals surface area contributed by atoms with E-state index in [1.807, 2.05) is 0 Å². The molecule has 0 aromatic carbocycles. The van der Waals surface area contributed by atoms with Gasteiger partial charge < -0.3 is 0 Å². The van der Waals surface area contributed by atoms with Crippen LogP contribution in [0.3, 0.4) is 0 Å². The lowest BCUT2D eigenvalue weighted by molar-refractivity contribution is 0.439. The molecule has 0 bridgehead atoms. The molecule has 0 aliphatic carbocycles. The van der Waals surface area contributed by atoms with E-state index in [-0.39, 0.29) is 10.1 Å². The van der Waals surface area contributed by atoms with Crippen molar-refractivity contribution >= 4 is 9.84 Å². The van der Waals surface area contributed by atoms with Crippen LogP contribution in [0.25, 0.3) is 0 Å². The molecular formula is C4H2N6O2S. The summed E-state index contributed by atoms with van der Waals surface area (Å²) < 4.78 is 22.1. The van der Waals surface area contributed by atoms with E-state index in [1.54, 1.807) is 0 Å². The molecule has 0 radical (unpaired) electrons. The van der Waals surface area contributed by atoms with Crippen LogP contribution in [0, 0.1) is 0 Å². The van der Waals surface area contributed by atoms with Crippen molar-refractivity contribution in [1.29, 1.82) is 0 Å². The van der Waals surface area contributed by atoms with E-state index in [9.17, 15) is 8.42 Å². The molecule has 0 saturated heterocycles. The highest BCUT2D eigenvalue weighted by Crippen LogP contribution is 2.36. The van der Waals surface area contributed by atoms with Crippen molar-refractivity contribution in [2.75, 3.05) is 0 Å². The van der Waals surface area contributed by atoms with E-state index in [0.717, 1.165) is 4.79 Å². The summed E-state index contributed by atoms with van der Waals surface area (Å²) in [6.45, 7) is 0. The van der Waals surface area contributed by atoms with Gasteiger partial charge in [-0.25, -0.2) is 8.42 Å². The number of hydrogen-bond acceptors (Lipinski definition) is 6. The minimum Gasteiger partial charge on any atom is -0.215 e. The smallest absolute Gasteiger partial charge is 0.215 e. The second kappa shape index (κ2) is 1.76. The van der Waals surface area contributed by atoms with Gasteiger partial charge in [0.1, 0.15) is 0 Å². The van der Waals surface area contributed by atoms with Crippen molar-refractivity contribution < 1.29 is 8.42 Å². The summed E-state index contributed by atoms with van der Waals surface area (Å²) in [4.78, 5) is 2.27. The highest BCUT2D eigenvalue weighted by atomic mass is 32.2. The first-order chi connectivity index (χ1) is 6.21. The summed E-state index contributed by atoms with van der Waals surface area (Å²) >= 11 is 0. The first-order valence-electron chi connectivity index (χ1n) is 3.29. The Morgan fingerprint density at radius 2 is 2.15 bits per heavy atom. The number of fused-ring (bicyclic) bond motifs is 1. The Morgan fingerprint density at radius 1 is 1.31 bits per heavy atom. The number of aromatic nitrogens is 6. The number of nitrogens with zero attached hydrogens (tertiary/aromatic N) is 6. The topological polar surface area (TPSA) is 95.6 Å². The van der Waals surface area contributed by atoms with E-state index in [1.165, 1.54) is 17.2 Å². The molecule has 66 valence electrons. The molecule has 9 heteroatoms. The van der Waals surface area contributed by atoms with Crippen molar-refractivity contribution in [2.24, 2.45) is 0 Å². The molecule has 1 aliphatic heterocycles. The van der Waals surface area contributed by atoms with Gasteiger partial charge in [0.25, 0.3) is 9.84 Å². The molecule has 0 spiro atoms. The van der Waals surface area contributed by atoms with Crippen molar-refractivity contribution in [2.45, 2.75) is 10.1 Å². The standard InChI is InChI=1S/C4H2N6O2S/c11-13(12)3-4(13)10(8-6-3)9-2-1-5-7-9/h1-2H. The number of hydrogen-bond donors (Lipinski definition) is 0. The summed E-state index contributed by atoms with van der Waals surface area (Å²) in [5.41, 5.74) is 0. The molecule has 2 aromatic heterocycles. The minimum absolute atomic E-state index is 0.0167. The van der Waals surface area contributed by atoms with Crippen LogP contribution in [-0.2, 0) is 9.84 Å². The van der Waals surface area contributed by atoms with Crippen molar-refractivity contribution in [1.82, 2.24) is 30.2 Å². The highest BCUT2D eigenvalue weighted by molar-refractivity contribution is 7.96. The summed E-state index contributed by atoms with van der Waals surface area (Å²) in [6, 6.07) is 0. The fourth-order valence-electron chi connectivity index (χ4n) is 1.02. The number of sulfone groups is 1. The first kappa shape index (κ1) is 6.71. The quantitative estimate of drug-likeness (QED) is 0.434. The van der Waals surface area contributed by atoms with Gasteiger partial charge in [-0.2, -0.15) is 0 Å². The molecule has 0 fully saturated rings. The zero-order chi connectivity index (χ0) is 9.05. The molecule has 3 rings (SSSR count). The van der Waals surface area contributed by atoms with Crippen LogP contribution in [0.4, 0.5) is 0 Å². The normalized spacial score (nSPS) is 16.9. The molecule has 2 aromatic rings. The average molecular weight is 198 g/mol. The Morgan fingerprint density at radius 3 is 2.69 bits per heavy atom. The molecule has 13 heavy (non-hydrogen) atoms. The SMILES string of the molecule is O=S1(=O)c2nnn(-n3ccnn3)c21. The van der Waals surface area contributed by atoms with Gasteiger partial charge in [-0.1, -0.05) is 0 Å². The zero-order valence-corrected chi connectivity index (χ0v) is 6.88. The maximum atomic E-state index is 11.1. The van der Waals surface area contributed by atoms with Crippen molar-refractivity contribution in [3.63, 3.8) is 0 Å². The van der Waals surface area contributed by atoms with Gasteiger partial charge in [0.05, 0.1) is 12.4 Å². The van der Waals surface area contributed by atoms with Crippen LogP contribution in [0.15, 0.2) is 22.4 Å². The fraction of sp³-hybridized carbons (Fsp3) is 0. The van der Waals surface area contributed by atoms with Crippen molar-refractivity contribution in [3.05, 3.63) is 12.4 Å². The molecule has 0 amide bonds. The van der Waals surface area contributed by atoms with Crippen LogP contribution in [0.5, 0.6) is 0 Å². The van der Waals surface area contributed by atoms with E-state index < -0.39 is 9.84 Å². The van der Waals surface area contributed by atoms with Gasteiger partial charge in [0.2, 0.25) is 10.1 Å². The molecule has 0 saturated carbocycles. The number of rotatable bonds is 1. The molecule has 1 aliphatic rings. The first-order valence-corrected chi connectivity index (χ1v) is 4.77. The fourth-order valence-corrected chi connectivity index (χ4v) is 2.18. The van der Waals surface area contributed by atoms with Gasteiger partial charge in [-0.15, -0.1) is 19.8 Å². The maximum absolute atomic E-state index is 11.1. The van der Waals surface area contributed by atoms with Crippen LogP contribution >= 0.6 is 0 Å². The summed E-state index contributed by atoms with van der Waals surface area (Å²) in [5.74, 6) is 0. The maximum Gasteiger partial charge on any atom is 0.250 e. The van der Waals surface area contributed by atoms with Crippen LogP contribution < -0.4 is 0 Å². The van der Waals surface area contributed by atoms with Crippen LogP contribution in [-0.4, -0.2) is 38.6 Å². The third kappa shape index (κ3) is 0.667. The second-order valence-electron chi connectivity index (χ2n) is 2.42. The Hall–Kier alpha value is -1.77. The highest BCUT2D eigenvalue weighted by Gasteiger charge is 2.49. The van der Waals surface area contributed by atoms with Gasteiger partial charge in [-0.3, -0.25) is 0 Å². The predicted molar refractivity (Wildman–Crippen MR) is 36.3 cm³/mol. The van der Waals surface area contributed by atoms with Gasteiger partial charge in [0.15, 0.2) is 0 Å². The molecule has 3 heterocycles. The van der Waals surface area contributed by atoms with Crippen LogP contribution in [0.2, 0.25) is 0 Å². The minimum atomic E-state index is -3.26. The van der Waals surface area contributed by atoms with Crippen LogP contribution in [0.1, 0.15) is 0 Å². The Bertz CT molecular complexity index is 566. The van der Waals surface area contributed by atoms with Crippen molar-refractivity contribution in [3.8, 4) is 0 Å². The molecule has 0 unspecified atom stereocenters. The van der Waals surface area contributed by atoms with E-state index >= 15 is 0 Å². The zero-order valence-electron chi connectivity index (χ0n) is 6.06. The lowest BCUT2D eigenvalue weighted by atomic mass is 10.9. The second-order valence-corrected chi connectivity index (χ2v) is 4.20. The summed E-state index contributed by atoms with van der Waals surface area (Å²) in [6.07, 6.45) is 2.89. The Kier molecular flexibility index (Phi) is 0.911. The summed E-state index contributed by atoms with van der Waals surface area (Å²) in [7, 11) is -3.26. The third-order valence-corrected chi connectivity index (χ3v) is 3.10. The largest absolute Gasteiger partial charge is 0.250 e. The average Bonchev–Trinajstić information content (AvgIpc) is 2.63. The van der Waals surface area contributed by atoms with Gasteiger partial charge in [-0.05, 0) is 10.4 Å². The van der Waals surface area contributed by atoms with Gasteiger partial charge >= 0.3 is 0 Å². The van der Waals surface area contributed by atoms with E-state index in [2.05, 4.69) is 20.6 Å². The lowest BCUT2D eigenvalue weighted by Crippen LogP contribution is -2.14. The molecule has 0 N–H and O–H groups in total. The molecular weight excluding hydrogens is 196 g/mol. The van der Waals surface area contributed by atoms with Gasteiger partial charge in [0, 0.05) is 0 Å². The van der Waals surface area contributed by atoms with E-state index in [4.69, 9.17) is 0 Å². The predicted octanol–water partition coefficient (Wildman–Crippen LogP) is -1.67. The monoisotopic (exact) mass is 198 g/mol. The van der Waals surface area contributed by atoms with E-state index in [0.29, 0.717) is 0 Å². The molecule has 8 nitrogen and oxygen atoms in total.